The Hall–Kier alpha value is -2.24. The van der Waals surface area contributed by atoms with Gasteiger partial charge >= 0.3 is 6.02 Å². The van der Waals surface area contributed by atoms with Gasteiger partial charge in [-0.1, -0.05) is 17.8 Å². The summed E-state index contributed by atoms with van der Waals surface area (Å²) in [5.41, 5.74) is 1.47. The topological polar surface area (TPSA) is 75.5 Å². The summed E-state index contributed by atoms with van der Waals surface area (Å²) < 4.78 is 6.07. The molecule has 2 aromatic heterocycles. The molecule has 24 heavy (non-hydrogen) atoms. The lowest BCUT2D eigenvalue weighted by Gasteiger charge is -2.44. The number of terminal acetylenes is 1. The van der Waals surface area contributed by atoms with Gasteiger partial charge in [0, 0.05) is 12.6 Å². The molecule has 0 unspecified atom stereocenters. The zero-order valence-electron chi connectivity index (χ0n) is 13.4. The number of piperidine rings is 3. The number of amidine groups is 1. The monoisotopic (exact) mass is 342 g/mol. The predicted octanol–water partition coefficient (Wildman–Crippen LogP) is 1.86. The van der Waals surface area contributed by atoms with Gasteiger partial charge in [0.2, 0.25) is 0 Å². The fourth-order valence-electron chi connectivity index (χ4n) is 3.28. The summed E-state index contributed by atoms with van der Waals surface area (Å²) >= 11 is 1.41. The number of hydrogen-bond donors (Lipinski definition) is 1. The van der Waals surface area contributed by atoms with Gasteiger partial charge in [0.05, 0.1) is 11.9 Å². The Morgan fingerprint density at radius 3 is 3.00 bits per heavy atom. The Morgan fingerprint density at radius 2 is 2.29 bits per heavy atom. The van der Waals surface area contributed by atoms with Crippen LogP contribution in [0.15, 0.2) is 11.2 Å². The number of rotatable bonds is 2. The van der Waals surface area contributed by atoms with Crippen LogP contribution in [0.4, 0.5) is 5.13 Å². The lowest BCUT2D eigenvalue weighted by molar-refractivity contribution is -0.0145. The number of aromatic nitrogens is 3. The minimum Gasteiger partial charge on any atom is -0.459 e. The molecule has 0 aliphatic carbocycles. The SMILES string of the molecule is C#CN=C(Nc1nc2ncc(C)nc2s1)O[C@H]1CN2CCC1CC2. The van der Waals surface area contributed by atoms with Crippen LogP contribution in [0.3, 0.4) is 0 Å². The number of ether oxygens (including phenoxy) is 1. The van der Waals surface area contributed by atoms with Crippen molar-refractivity contribution in [3.8, 4) is 12.5 Å². The van der Waals surface area contributed by atoms with E-state index >= 15 is 0 Å². The minimum atomic E-state index is 0.125. The quantitative estimate of drug-likeness (QED) is 0.510. The highest BCUT2D eigenvalue weighted by Gasteiger charge is 2.36. The number of thiazole rings is 1. The molecule has 5 heterocycles. The Labute approximate surface area is 144 Å². The second-order valence-electron chi connectivity index (χ2n) is 6.12. The second kappa shape index (κ2) is 6.34. The third-order valence-electron chi connectivity index (χ3n) is 4.48. The smallest absolute Gasteiger partial charge is 0.305 e. The van der Waals surface area contributed by atoms with Gasteiger partial charge in [-0.25, -0.2) is 9.97 Å². The van der Waals surface area contributed by atoms with Crippen LogP contribution in [-0.2, 0) is 4.74 Å². The van der Waals surface area contributed by atoms with Gasteiger partial charge in [-0.05, 0) is 38.8 Å². The summed E-state index contributed by atoms with van der Waals surface area (Å²) in [5, 5.41) is 3.72. The zero-order chi connectivity index (χ0) is 16.5. The number of hydrogen-bond acceptors (Lipinski definition) is 7. The van der Waals surface area contributed by atoms with E-state index < -0.39 is 0 Å². The maximum Gasteiger partial charge on any atom is 0.305 e. The number of aliphatic imine (C=N–C) groups is 1. The average Bonchev–Trinajstić information content (AvgIpc) is 2.97. The fraction of sp³-hybridized carbons (Fsp3) is 0.500. The molecule has 8 heteroatoms. The molecule has 2 aromatic rings. The van der Waals surface area contributed by atoms with Gasteiger partial charge in [-0.3, -0.25) is 10.2 Å². The summed E-state index contributed by atoms with van der Waals surface area (Å²) in [6.45, 7) is 5.15. The van der Waals surface area contributed by atoms with Crippen LogP contribution < -0.4 is 5.32 Å². The first-order valence-corrected chi connectivity index (χ1v) is 8.82. The van der Waals surface area contributed by atoms with E-state index in [4.69, 9.17) is 11.2 Å². The Kier molecular flexibility index (Phi) is 4.04. The molecular weight excluding hydrogens is 324 g/mol. The third-order valence-corrected chi connectivity index (χ3v) is 5.34. The summed E-state index contributed by atoms with van der Waals surface area (Å²) in [4.78, 5) is 20.3. The molecule has 1 N–H and O–H groups in total. The maximum absolute atomic E-state index is 6.07. The summed E-state index contributed by atoms with van der Waals surface area (Å²) in [7, 11) is 0. The lowest BCUT2D eigenvalue weighted by atomic mass is 9.86. The normalized spacial score (nSPS) is 26.3. The van der Waals surface area contributed by atoms with E-state index in [2.05, 4.69) is 36.2 Å². The molecule has 5 rings (SSSR count). The predicted molar refractivity (Wildman–Crippen MR) is 93.9 cm³/mol. The van der Waals surface area contributed by atoms with E-state index in [1.165, 1.54) is 24.2 Å². The molecule has 3 aliphatic rings. The van der Waals surface area contributed by atoms with E-state index in [0.717, 1.165) is 30.2 Å². The van der Waals surface area contributed by atoms with Gasteiger partial charge in [-0.15, -0.1) is 4.99 Å². The first kappa shape index (κ1) is 15.3. The van der Waals surface area contributed by atoms with Gasteiger partial charge < -0.3 is 4.74 Å². The van der Waals surface area contributed by atoms with Crippen molar-refractivity contribution in [1.82, 2.24) is 19.9 Å². The van der Waals surface area contributed by atoms with Crippen LogP contribution in [0.2, 0.25) is 0 Å². The zero-order valence-corrected chi connectivity index (χ0v) is 14.2. The van der Waals surface area contributed by atoms with Gasteiger partial charge in [-0.2, -0.15) is 4.98 Å². The Bertz CT molecular complexity index is 818. The van der Waals surface area contributed by atoms with E-state index in [-0.39, 0.29) is 6.10 Å². The average molecular weight is 342 g/mol. The Morgan fingerprint density at radius 1 is 1.46 bits per heavy atom. The highest BCUT2D eigenvalue weighted by molar-refractivity contribution is 7.21. The van der Waals surface area contributed by atoms with Crippen LogP contribution in [0.5, 0.6) is 0 Å². The van der Waals surface area contributed by atoms with Crippen molar-refractivity contribution in [2.75, 3.05) is 25.0 Å². The molecule has 1 atom stereocenters. The molecule has 0 saturated carbocycles. The number of anilines is 1. The molecule has 0 spiro atoms. The van der Waals surface area contributed by atoms with Gasteiger partial charge in [0.15, 0.2) is 15.6 Å². The lowest BCUT2D eigenvalue weighted by Crippen LogP contribution is -2.52. The number of fused-ring (bicyclic) bond motifs is 4. The van der Waals surface area contributed by atoms with Crippen molar-refractivity contribution < 1.29 is 4.74 Å². The first-order valence-electron chi connectivity index (χ1n) is 8.01. The molecule has 2 bridgehead atoms. The third kappa shape index (κ3) is 3.05. The second-order valence-corrected chi connectivity index (χ2v) is 7.10. The molecular formula is C16H18N6OS. The number of aryl methyl sites for hydroxylation is 1. The fourth-order valence-corrected chi connectivity index (χ4v) is 4.11. The summed E-state index contributed by atoms with van der Waals surface area (Å²) in [6, 6.07) is 2.62. The van der Waals surface area contributed by atoms with Crippen molar-refractivity contribution in [3.05, 3.63) is 11.9 Å². The van der Waals surface area contributed by atoms with E-state index in [9.17, 15) is 0 Å². The van der Waals surface area contributed by atoms with Crippen molar-refractivity contribution in [2.45, 2.75) is 25.9 Å². The van der Waals surface area contributed by atoms with Crippen molar-refractivity contribution >= 4 is 33.0 Å². The van der Waals surface area contributed by atoms with Crippen LogP contribution >= 0.6 is 11.3 Å². The summed E-state index contributed by atoms with van der Waals surface area (Å²) in [5.74, 6) is 0.570. The van der Waals surface area contributed by atoms with Gasteiger partial charge in [0.25, 0.3) is 0 Å². The number of nitrogens with one attached hydrogen (secondary N) is 1. The minimum absolute atomic E-state index is 0.125. The molecule has 3 aliphatic heterocycles. The van der Waals surface area contributed by atoms with Crippen molar-refractivity contribution in [1.29, 1.82) is 0 Å². The Balaban J connectivity index is 1.51. The molecule has 124 valence electrons. The van der Waals surface area contributed by atoms with Crippen molar-refractivity contribution in [2.24, 2.45) is 10.9 Å². The molecule has 7 nitrogen and oxygen atoms in total. The van der Waals surface area contributed by atoms with E-state index in [0.29, 0.717) is 22.7 Å². The maximum atomic E-state index is 6.07. The van der Waals surface area contributed by atoms with Crippen LogP contribution in [0, 0.1) is 25.3 Å². The highest BCUT2D eigenvalue weighted by Crippen LogP contribution is 2.30. The van der Waals surface area contributed by atoms with Crippen LogP contribution in [0.25, 0.3) is 10.5 Å². The largest absolute Gasteiger partial charge is 0.459 e. The van der Waals surface area contributed by atoms with E-state index in [1.54, 1.807) is 6.20 Å². The molecule has 0 aromatic carbocycles. The van der Waals surface area contributed by atoms with Gasteiger partial charge in [0.1, 0.15) is 6.10 Å². The molecule has 0 radical (unpaired) electrons. The first-order chi connectivity index (χ1) is 11.7. The van der Waals surface area contributed by atoms with Crippen LogP contribution in [-0.4, -0.2) is 51.6 Å². The summed E-state index contributed by atoms with van der Waals surface area (Å²) in [6.07, 6.45) is 9.51. The van der Waals surface area contributed by atoms with Crippen LogP contribution in [0.1, 0.15) is 18.5 Å². The molecule has 3 saturated heterocycles. The number of nitrogens with zero attached hydrogens (tertiary/aromatic N) is 5. The molecule has 0 amide bonds. The van der Waals surface area contributed by atoms with Crippen molar-refractivity contribution in [3.63, 3.8) is 0 Å². The molecule has 3 fully saturated rings. The standard InChI is InChI=1S/C16H18N6OS/c1-3-17-15(23-12-9-22-6-4-11(12)5-7-22)21-16-20-13-14(24-16)19-10(2)8-18-13/h1,8,11-12H,4-7,9H2,2H3,(H,17,18,20,21)/t12-/m0/s1. The highest BCUT2D eigenvalue weighted by atomic mass is 32.1. The van der Waals surface area contributed by atoms with E-state index in [1.807, 2.05) is 6.92 Å².